The molecule has 1 aliphatic carbocycles. The van der Waals surface area contributed by atoms with Crippen molar-refractivity contribution < 1.29 is 9.84 Å². The quantitative estimate of drug-likeness (QED) is 0.547. The van der Waals surface area contributed by atoms with Gasteiger partial charge in [0.1, 0.15) is 0 Å². The van der Waals surface area contributed by atoms with E-state index in [9.17, 15) is 5.11 Å². The minimum Gasteiger partial charge on any atom is -0.389 e. The van der Waals surface area contributed by atoms with Crippen LogP contribution in [-0.4, -0.2) is 36.5 Å². The molecule has 1 heterocycles. The number of aliphatic hydroxyl groups excluding tert-OH is 1. The van der Waals surface area contributed by atoms with Crippen LogP contribution in [0.1, 0.15) is 12.8 Å². The zero-order valence-electron chi connectivity index (χ0n) is 5.92. The molecule has 0 radical (unpaired) electrons. The molecular weight excluding hydrogens is 130 g/mol. The molecule has 0 bridgehead atoms. The van der Waals surface area contributed by atoms with Crippen molar-refractivity contribution >= 4 is 0 Å². The number of rotatable bonds is 2. The van der Waals surface area contributed by atoms with Crippen LogP contribution in [-0.2, 0) is 4.74 Å². The Labute approximate surface area is 60.4 Å². The normalized spacial score (nSPS) is 40.5. The van der Waals surface area contributed by atoms with Crippen molar-refractivity contribution in [2.45, 2.75) is 31.0 Å². The van der Waals surface area contributed by atoms with Gasteiger partial charge in [0.2, 0.25) is 0 Å². The molecule has 2 N–H and O–H groups in total. The molecule has 0 unspecified atom stereocenters. The summed E-state index contributed by atoms with van der Waals surface area (Å²) in [4.78, 5) is 0. The van der Waals surface area contributed by atoms with Gasteiger partial charge in [-0.2, -0.15) is 0 Å². The summed E-state index contributed by atoms with van der Waals surface area (Å²) in [5.74, 6) is 0. The highest BCUT2D eigenvalue weighted by Crippen LogP contribution is 2.21. The molecule has 3 heteroatoms. The molecule has 0 spiro atoms. The van der Waals surface area contributed by atoms with Crippen molar-refractivity contribution in [2.24, 2.45) is 0 Å². The van der Waals surface area contributed by atoms with E-state index < -0.39 is 0 Å². The summed E-state index contributed by atoms with van der Waals surface area (Å²) in [5.41, 5.74) is 0. The lowest BCUT2D eigenvalue weighted by Crippen LogP contribution is -2.39. The van der Waals surface area contributed by atoms with Gasteiger partial charge in [-0.05, 0) is 12.8 Å². The minimum atomic E-state index is -0.277. The van der Waals surface area contributed by atoms with Crippen LogP contribution in [0, 0.1) is 0 Å². The summed E-state index contributed by atoms with van der Waals surface area (Å²) in [6.07, 6.45) is 2.26. The maximum Gasteiger partial charge on any atom is 0.0948 e. The van der Waals surface area contributed by atoms with Crippen molar-refractivity contribution in [3.05, 3.63) is 0 Å². The molecule has 3 nitrogen and oxygen atoms in total. The Balaban J connectivity index is 1.79. The van der Waals surface area contributed by atoms with Crippen LogP contribution in [0.2, 0.25) is 0 Å². The average Bonchev–Trinajstić information content (AvgIpc) is 2.62. The second-order valence-electron chi connectivity index (χ2n) is 3.15. The number of aliphatic hydroxyl groups is 1. The van der Waals surface area contributed by atoms with Crippen molar-refractivity contribution in [2.75, 3.05) is 13.2 Å². The topological polar surface area (TPSA) is 41.5 Å². The second-order valence-corrected chi connectivity index (χ2v) is 3.15. The average molecular weight is 143 g/mol. The van der Waals surface area contributed by atoms with E-state index in [1.807, 2.05) is 0 Å². The first kappa shape index (κ1) is 6.58. The summed E-state index contributed by atoms with van der Waals surface area (Å²) >= 11 is 0. The van der Waals surface area contributed by atoms with Crippen molar-refractivity contribution in [1.29, 1.82) is 0 Å². The van der Waals surface area contributed by atoms with Crippen molar-refractivity contribution in [3.63, 3.8) is 0 Å². The number of ether oxygens (including phenoxy) is 1. The molecule has 1 saturated heterocycles. The van der Waals surface area contributed by atoms with Crippen molar-refractivity contribution in [1.82, 2.24) is 5.32 Å². The molecule has 0 aromatic heterocycles. The smallest absolute Gasteiger partial charge is 0.0948 e. The predicted octanol–water partition coefficient (Wildman–Crippen LogP) is -0.502. The van der Waals surface area contributed by atoms with Gasteiger partial charge >= 0.3 is 0 Å². The summed E-state index contributed by atoms with van der Waals surface area (Å²) in [5, 5.41) is 12.6. The summed E-state index contributed by atoms with van der Waals surface area (Å²) in [7, 11) is 0. The standard InChI is InChI=1S/C7H13NO2/c9-7-4-10-3-6(7)8-5-1-2-5/h5-9H,1-4H2/t6-,7-/m0/s1. The van der Waals surface area contributed by atoms with E-state index in [0.717, 1.165) is 0 Å². The van der Waals surface area contributed by atoms with Crippen LogP contribution >= 0.6 is 0 Å². The van der Waals surface area contributed by atoms with E-state index in [2.05, 4.69) is 5.32 Å². The Hall–Kier alpha value is -0.120. The van der Waals surface area contributed by atoms with Gasteiger partial charge in [0.25, 0.3) is 0 Å². The maximum atomic E-state index is 9.28. The third-order valence-corrected chi connectivity index (χ3v) is 2.08. The molecule has 0 aromatic rings. The van der Waals surface area contributed by atoms with Crippen LogP contribution in [0.5, 0.6) is 0 Å². The fourth-order valence-electron chi connectivity index (χ4n) is 1.25. The van der Waals surface area contributed by atoms with Gasteiger partial charge in [-0.25, -0.2) is 0 Å². The lowest BCUT2D eigenvalue weighted by molar-refractivity contribution is 0.122. The Kier molecular flexibility index (Phi) is 1.64. The van der Waals surface area contributed by atoms with Crippen LogP contribution in [0.3, 0.4) is 0 Å². The zero-order chi connectivity index (χ0) is 6.97. The van der Waals surface area contributed by atoms with E-state index in [1.54, 1.807) is 0 Å². The first-order valence-electron chi connectivity index (χ1n) is 3.88. The highest BCUT2D eigenvalue weighted by atomic mass is 16.5. The van der Waals surface area contributed by atoms with E-state index >= 15 is 0 Å². The van der Waals surface area contributed by atoms with Crippen molar-refractivity contribution in [3.8, 4) is 0 Å². The van der Waals surface area contributed by atoms with Crippen LogP contribution < -0.4 is 5.32 Å². The van der Waals surface area contributed by atoms with Gasteiger partial charge in [0, 0.05) is 6.04 Å². The fourth-order valence-corrected chi connectivity index (χ4v) is 1.25. The van der Waals surface area contributed by atoms with E-state index in [1.165, 1.54) is 12.8 Å². The van der Waals surface area contributed by atoms with E-state index in [4.69, 9.17) is 4.74 Å². The second kappa shape index (κ2) is 2.49. The Morgan fingerprint density at radius 1 is 1.30 bits per heavy atom. The van der Waals surface area contributed by atoms with E-state index in [-0.39, 0.29) is 12.1 Å². The molecule has 58 valence electrons. The molecule has 2 aliphatic rings. The Morgan fingerprint density at radius 2 is 2.10 bits per heavy atom. The third-order valence-electron chi connectivity index (χ3n) is 2.08. The molecule has 2 fully saturated rings. The minimum absolute atomic E-state index is 0.201. The molecule has 2 rings (SSSR count). The molecular formula is C7H13NO2. The molecule has 2 atom stereocenters. The monoisotopic (exact) mass is 143 g/mol. The first-order valence-corrected chi connectivity index (χ1v) is 3.88. The van der Waals surface area contributed by atoms with Crippen LogP contribution in [0.25, 0.3) is 0 Å². The maximum absolute atomic E-state index is 9.28. The highest BCUT2D eigenvalue weighted by Gasteiger charge is 2.31. The molecule has 0 amide bonds. The van der Waals surface area contributed by atoms with E-state index in [0.29, 0.717) is 19.3 Å². The predicted molar refractivity (Wildman–Crippen MR) is 36.8 cm³/mol. The van der Waals surface area contributed by atoms with Crippen LogP contribution in [0.4, 0.5) is 0 Å². The highest BCUT2D eigenvalue weighted by molar-refractivity contribution is 4.89. The summed E-state index contributed by atoms with van der Waals surface area (Å²) in [6, 6.07) is 0.869. The molecule has 0 aromatic carbocycles. The van der Waals surface area contributed by atoms with Gasteiger partial charge in [0.05, 0.1) is 25.4 Å². The summed E-state index contributed by atoms with van der Waals surface area (Å²) < 4.78 is 5.09. The molecule has 1 aliphatic heterocycles. The first-order chi connectivity index (χ1) is 4.86. The third kappa shape index (κ3) is 1.31. The molecule has 10 heavy (non-hydrogen) atoms. The Morgan fingerprint density at radius 3 is 2.60 bits per heavy atom. The lowest BCUT2D eigenvalue weighted by Gasteiger charge is -2.12. The number of hydrogen-bond acceptors (Lipinski definition) is 3. The Bertz CT molecular complexity index is 125. The molecule has 1 saturated carbocycles. The number of nitrogens with one attached hydrogen (secondary N) is 1. The largest absolute Gasteiger partial charge is 0.389 e. The zero-order valence-corrected chi connectivity index (χ0v) is 5.92. The lowest BCUT2D eigenvalue weighted by atomic mass is 10.2. The number of hydrogen-bond donors (Lipinski definition) is 2. The van der Waals surface area contributed by atoms with Gasteiger partial charge in [-0.1, -0.05) is 0 Å². The summed E-state index contributed by atoms with van der Waals surface area (Å²) in [6.45, 7) is 1.18. The van der Waals surface area contributed by atoms with Gasteiger partial charge in [-0.15, -0.1) is 0 Å². The van der Waals surface area contributed by atoms with Crippen LogP contribution in [0.15, 0.2) is 0 Å². The van der Waals surface area contributed by atoms with Gasteiger partial charge in [-0.3, -0.25) is 0 Å². The van der Waals surface area contributed by atoms with Gasteiger partial charge < -0.3 is 15.2 Å². The fraction of sp³-hybridized carbons (Fsp3) is 1.00. The van der Waals surface area contributed by atoms with Gasteiger partial charge in [0.15, 0.2) is 0 Å². The SMILES string of the molecule is O[C@H]1COC[C@@H]1NC1CC1.